The van der Waals surface area contributed by atoms with Crippen LogP contribution < -0.4 is 4.74 Å². The van der Waals surface area contributed by atoms with Crippen molar-refractivity contribution in [2.75, 3.05) is 7.11 Å². The number of hydrogen-bond donors (Lipinski definition) is 1. The van der Waals surface area contributed by atoms with E-state index in [0.29, 0.717) is 0 Å². The third-order valence-corrected chi connectivity index (χ3v) is 4.81. The van der Waals surface area contributed by atoms with Gasteiger partial charge in [0.2, 0.25) is 0 Å². The zero-order valence-electron chi connectivity index (χ0n) is 10.6. The van der Waals surface area contributed by atoms with Gasteiger partial charge >= 0.3 is 5.97 Å². The van der Waals surface area contributed by atoms with E-state index in [1.54, 1.807) is 0 Å². The minimum Gasteiger partial charge on any atom is -0.494 e. The molecule has 0 bridgehead atoms. The molecule has 1 aromatic rings. The summed E-state index contributed by atoms with van der Waals surface area (Å²) in [6, 6.07) is 4.11. The zero-order valence-corrected chi connectivity index (χ0v) is 11.4. The average molecular weight is 290 g/mol. The van der Waals surface area contributed by atoms with Crippen molar-refractivity contribution in [3.8, 4) is 5.75 Å². The fourth-order valence-corrected chi connectivity index (χ4v) is 3.40. The van der Waals surface area contributed by atoms with E-state index in [1.807, 2.05) is 0 Å². The van der Waals surface area contributed by atoms with Crippen molar-refractivity contribution < 1.29 is 27.4 Å². The molecule has 0 radical (unpaired) electrons. The smallest absolute Gasteiger partial charge is 0.321 e. The molecule has 1 N–H and O–H groups in total. The van der Waals surface area contributed by atoms with E-state index in [-0.39, 0.29) is 17.7 Å². The summed E-state index contributed by atoms with van der Waals surface area (Å²) in [4.78, 5) is 10.9. The van der Waals surface area contributed by atoms with Gasteiger partial charge in [-0.3, -0.25) is 4.79 Å². The Morgan fingerprint density at radius 2 is 2.11 bits per heavy atom. The highest BCUT2D eigenvalue weighted by atomic mass is 32.2. The molecule has 1 rings (SSSR count). The topological polar surface area (TPSA) is 80.7 Å². The minimum absolute atomic E-state index is 0.0662. The quantitative estimate of drug-likeness (QED) is 0.861. The summed E-state index contributed by atoms with van der Waals surface area (Å²) in [5, 5.41) is 7.33. The molecule has 0 aliphatic heterocycles. The van der Waals surface area contributed by atoms with Crippen LogP contribution in [0.15, 0.2) is 18.2 Å². The van der Waals surface area contributed by atoms with Gasteiger partial charge < -0.3 is 9.84 Å². The van der Waals surface area contributed by atoms with Crippen LogP contribution in [0.1, 0.15) is 18.9 Å². The largest absolute Gasteiger partial charge is 0.494 e. The monoisotopic (exact) mass is 290 g/mol. The molecular formula is C12H15FO5S. The van der Waals surface area contributed by atoms with Crippen molar-refractivity contribution >= 4 is 15.8 Å². The van der Waals surface area contributed by atoms with Crippen molar-refractivity contribution in [1.82, 2.24) is 0 Å². The summed E-state index contributed by atoms with van der Waals surface area (Å²) in [7, 11) is -2.70. The summed E-state index contributed by atoms with van der Waals surface area (Å²) < 4.78 is 42.5. The van der Waals surface area contributed by atoms with Gasteiger partial charge in [-0.2, -0.15) is 0 Å². The van der Waals surface area contributed by atoms with Gasteiger partial charge in [0.05, 0.1) is 12.9 Å². The number of methoxy groups -OCH3 is 1. The second-order valence-electron chi connectivity index (χ2n) is 3.98. The second-order valence-corrected chi connectivity index (χ2v) is 6.16. The summed E-state index contributed by atoms with van der Waals surface area (Å²) in [5.41, 5.74) is -0.0981. The van der Waals surface area contributed by atoms with Crippen molar-refractivity contribution in [2.45, 2.75) is 24.3 Å². The maximum Gasteiger partial charge on any atom is 0.321 e. The molecule has 0 aliphatic rings. The summed E-state index contributed by atoms with van der Waals surface area (Å²) in [6.45, 7) is 1.46. The van der Waals surface area contributed by atoms with Gasteiger partial charge in [-0.15, -0.1) is 0 Å². The second kappa shape index (κ2) is 6.01. The van der Waals surface area contributed by atoms with Crippen LogP contribution in [0.4, 0.5) is 4.39 Å². The van der Waals surface area contributed by atoms with Gasteiger partial charge in [-0.05, 0) is 12.5 Å². The third kappa shape index (κ3) is 3.44. The minimum atomic E-state index is -3.97. The van der Waals surface area contributed by atoms with E-state index in [0.717, 1.165) is 0 Å². The van der Waals surface area contributed by atoms with E-state index in [4.69, 9.17) is 9.84 Å². The number of carbonyl (C=O) groups is 1. The lowest BCUT2D eigenvalue weighted by molar-refractivity contribution is -0.136. The van der Waals surface area contributed by atoms with Crippen molar-refractivity contribution in [3.63, 3.8) is 0 Å². The normalized spacial score (nSPS) is 13.0. The van der Waals surface area contributed by atoms with Crippen LogP contribution in [0, 0.1) is 5.82 Å². The van der Waals surface area contributed by atoms with Gasteiger partial charge in [0, 0.05) is 5.56 Å². The first-order chi connectivity index (χ1) is 8.83. The van der Waals surface area contributed by atoms with Crippen LogP contribution in [-0.2, 0) is 20.4 Å². The SMILES string of the molecule is CCC(C(=O)O)S(=O)(=O)Cc1cccc(OC)c1F. The fourth-order valence-electron chi connectivity index (χ4n) is 1.72. The Bertz CT molecular complexity index is 567. The molecule has 0 heterocycles. The number of rotatable bonds is 6. The van der Waals surface area contributed by atoms with E-state index < -0.39 is 32.6 Å². The van der Waals surface area contributed by atoms with Gasteiger partial charge in [0.15, 0.2) is 26.7 Å². The van der Waals surface area contributed by atoms with Gasteiger partial charge in [-0.25, -0.2) is 12.8 Å². The Labute approximate surface area is 110 Å². The van der Waals surface area contributed by atoms with E-state index in [9.17, 15) is 17.6 Å². The number of hydrogen-bond acceptors (Lipinski definition) is 4. The zero-order chi connectivity index (χ0) is 14.6. The molecule has 0 fully saturated rings. The predicted octanol–water partition coefficient (Wildman–Crippen LogP) is 1.61. The Morgan fingerprint density at radius 1 is 1.47 bits per heavy atom. The maximum absolute atomic E-state index is 13.8. The van der Waals surface area contributed by atoms with Gasteiger partial charge in [0.25, 0.3) is 0 Å². The number of sulfone groups is 1. The number of benzene rings is 1. The van der Waals surface area contributed by atoms with Crippen LogP contribution in [-0.4, -0.2) is 31.9 Å². The Morgan fingerprint density at radius 3 is 2.58 bits per heavy atom. The molecule has 106 valence electrons. The van der Waals surface area contributed by atoms with Crippen LogP contribution in [0.2, 0.25) is 0 Å². The van der Waals surface area contributed by atoms with E-state index in [1.165, 1.54) is 32.2 Å². The molecule has 0 aliphatic carbocycles. The fraction of sp³-hybridized carbons (Fsp3) is 0.417. The third-order valence-electron chi connectivity index (χ3n) is 2.70. The molecule has 0 saturated carbocycles. The molecular weight excluding hydrogens is 275 g/mol. The number of carboxylic acid groups (broad SMARTS) is 1. The summed E-state index contributed by atoms with van der Waals surface area (Å²) >= 11 is 0. The van der Waals surface area contributed by atoms with E-state index in [2.05, 4.69) is 0 Å². The molecule has 7 heteroatoms. The lowest BCUT2D eigenvalue weighted by Gasteiger charge is -2.12. The van der Waals surface area contributed by atoms with Crippen LogP contribution in [0.25, 0.3) is 0 Å². The molecule has 0 spiro atoms. The standard InChI is InChI=1S/C12H15FO5S/c1-3-10(12(14)15)19(16,17)7-8-5-4-6-9(18-2)11(8)13/h4-6,10H,3,7H2,1-2H3,(H,14,15). The van der Waals surface area contributed by atoms with Crippen LogP contribution in [0.5, 0.6) is 5.75 Å². The van der Waals surface area contributed by atoms with Gasteiger partial charge in [-0.1, -0.05) is 19.1 Å². The Balaban J connectivity index is 3.12. The molecule has 0 saturated heterocycles. The van der Waals surface area contributed by atoms with Crippen molar-refractivity contribution in [1.29, 1.82) is 0 Å². The first-order valence-electron chi connectivity index (χ1n) is 5.59. The number of ether oxygens (including phenoxy) is 1. The summed E-state index contributed by atoms with van der Waals surface area (Å²) in [6.07, 6.45) is -0.0662. The molecule has 1 atom stereocenters. The van der Waals surface area contributed by atoms with Gasteiger partial charge in [0.1, 0.15) is 0 Å². The Hall–Kier alpha value is -1.63. The lowest BCUT2D eigenvalue weighted by atomic mass is 10.2. The van der Waals surface area contributed by atoms with Crippen molar-refractivity contribution in [2.24, 2.45) is 0 Å². The molecule has 1 unspecified atom stereocenters. The molecule has 0 amide bonds. The molecule has 19 heavy (non-hydrogen) atoms. The summed E-state index contributed by atoms with van der Waals surface area (Å²) in [5.74, 6) is -2.95. The average Bonchev–Trinajstić information content (AvgIpc) is 2.31. The Kier molecular flexibility index (Phi) is 4.88. The maximum atomic E-state index is 13.8. The number of halogens is 1. The van der Waals surface area contributed by atoms with Crippen molar-refractivity contribution in [3.05, 3.63) is 29.6 Å². The number of carboxylic acids is 1. The first-order valence-corrected chi connectivity index (χ1v) is 7.30. The molecule has 1 aromatic carbocycles. The molecule has 5 nitrogen and oxygen atoms in total. The highest BCUT2D eigenvalue weighted by Crippen LogP contribution is 2.23. The van der Waals surface area contributed by atoms with E-state index >= 15 is 0 Å². The highest BCUT2D eigenvalue weighted by molar-refractivity contribution is 7.92. The van der Waals surface area contributed by atoms with Crippen LogP contribution >= 0.6 is 0 Å². The van der Waals surface area contributed by atoms with Crippen LogP contribution in [0.3, 0.4) is 0 Å². The predicted molar refractivity (Wildman–Crippen MR) is 67.3 cm³/mol. The number of aliphatic carboxylic acids is 1. The highest BCUT2D eigenvalue weighted by Gasteiger charge is 2.31. The lowest BCUT2D eigenvalue weighted by Crippen LogP contribution is -2.30. The first kappa shape index (κ1) is 15.4. The molecule has 0 aromatic heterocycles.